The summed E-state index contributed by atoms with van der Waals surface area (Å²) in [6, 6.07) is 19.4. The third kappa shape index (κ3) is 6.95. The van der Waals surface area contributed by atoms with Crippen molar-refractivity contribution in [1.29, 1.82) is 5.26 Å². The van der Waals surface area contributed by atoms with E-state index in [0.29, 0.717) is 26.5 Å². The zero-order valence-electron chi connectivity index (χ0n) is 18.5. The van der Waals surface area contributed by atoms with Crippen molar-refractivity contribution in [3.8, 4) is 11.8 Å². The first kappa shape index (κ1) is 25.0. The highest BCUT2D eigenvalue weighted by Crippen LogP contribution is 2.27. The first-order valence-electron chi connectivity index (χ1n) is 10.2. The van der Waals surface area contributed by atoms with E-state index >= 15 is 0 Å². The molecule has 0 heterocycles. The van der Waals surface area contributed by atoms with Gasteiger partial charge in [0.05, 0.1) is 4.47 Å². The second-order valence-electron chi connectivity index (χ2n) is 7.48. The van der Waals surface area contributed by atoms with E-state index in [1.165, 1.54) is 6.08 Å². The smallest absolute Gasteiger partial charge is 0.266 e. The molecule has 3 aromatic rings. The number of carbonyl (C=O) groups is 2. The molecule has 0 saturated carbocycles. The molecule has 0 aliphatic carbocycles. The van der Waals surface area contributed by atoms with Crippen LogP contribution in [-0.2, 0) is 9.59 Å². The molecule has 3 aromatic carbocycles. The molecule has 0 radical (unpaired) electrons. The van der Waals surface area contributed by atoms with Crippen molar-refractivity contribution < 1.29 is 14.3 Å². The maximum atomic E-state index is 12.5. The van der Waals surface area contributed by atoms with Gasteiger partial charge in [-0.15, -0.1) is 0 Å². The molecule has 8 heteroatoms. The van der Waals surface area contributed by atoms with Gasteiger partial charge in [0.1, 0.15) is 17.4 Å². The molecule has 172 valence electrons. The minimum Gasteiger partial charge on any atom is -0.483 e. The number of nitrogens with zero attached hydrogens (tertiary/aromatic N) is 1. The number of rotatable bonds is 7. The van der Waals surface area contributed by atoms with Gasteiger partial charge in [-0.1, -0.05) is 41.4 Å². The largest absolute Gasteiger partial charge is 0.483 e. The number of halogens is 2. The fraction of sp³-hybridized carbons (Fsp3) is 0.115. The number of ether oxygens (including phenoxy) is 1. The van der Waals surface area contributed by atoms with Crippen LogP contribution in [0.5, 0.6) is 5.75 Å². The van der Waals surface area contributed by atoms with Gasteiger partial charge in [0.25, 0.3) is 11.8 Å². The number of aryl methyl sites for hydroxylation is 2. The molecule has 0 aliphatic heterocycles. The van der Waals surface area contributed by atoms with Gasteiger partial charge in [-0.05, 0) is 83.4 Å². The molecular weight excluding hydrogens is 518 g/mol. The quantitative estimate of drug-likeness (QED) is 0.273. The molecule has 3 rings (SSSR count). The zero-order valence-corrected chi connectivity index (χ0v) is 20.8. The predicted molar refractivity (Wildman–Crippen MR) is 138 cm³/mol. The normalized spacial score (nSPS) is 10.9. The summed E-state index contributed by atoms with van der Waals surface area (Å²) in [4.78, 5) is 24.7. The number of nitrogens with one attached hydrogen (secondary N) is 2. The van der Waals surface area contributed by atoms with Gasteiger partial charge < -0.3 is 15.4 Å². The van der Waals surface area contributed by atoms with E-state index < -0.39 is 5.91 Å². The highest BCUT2D eigenvalue weighted by Gasteiger charge is 2.12. The molecule has 0 aliphatic rings. The lowest BCUT2D eigenvalue weighted by molar-refractivity contribution is -0.118. The number of anilines is 2. The third-order valence-electron chi connectivity index (χ3n) is 4.73. The minimum atomic E-state index is -0.552. The average molecular weight is 539 g/mol. The Kier molecular flexibility index (Phi) is 8.47. The van der Waals surface area contributed by atoms with E-state index in [0.717, 1.165) is 16.8 Å². The Morgan fingerprint density at radius 3 is 2.56 bits per heavy atom. The van der Waals surface area contributed by atoms with Gasteiger partial charge in [0.15, 0.2) is 6.61 Å². The van der Waals surface area contributed by atoms with E-state index in [4.69, 9.17) is 16.3 Å². The molecule has 0 aromatic heterocycles. The first-order chi connectivity index (χ1) is 16.2. The Morgan fingerprint density at radius 2 is 1.88 bits per heavy atom. The minimum absolute atomic E-state index is 0.0756. The Morgan fingerprint density at radius 1 is 1.09 bits per heavy atom. The van der Waals surface area contributed by atoms with Crippen LogP contribution in [0, 0.1) is 25.2 Å². The lowest BCUT2D eigenvalue weighted by atomic mass is 10.1. The number of nitriles is 1. The van der Waals surface area contributed by atoms with E-state index in [9.17, 15) is 14.9 Å². The van der Waals surface area contributed by atoms with Crippen LogP contribution in [0.4, 0.5) is 11.4 Å². The third-order valence-corrected chi connectivity index (χ3v) is 5.58. The molecule has 0 unspecified atom stereocenters. The standard InChI is InChI=1S/C26H21BrClN3O3/c1-16-6-8-23(17(2)10-16)31-25(32)15-34-24-9-7-18(12-22(24)27)11-19(14-29)26(33)30-21-5-3-4-20(28)13-21/h3-13H,15H2,1-2H3,(H,30,33)(H,31,32)/b19-11-. The molecule has 6 nitrogen and oxygen atoms in total. The molecule has 2 N–H and O–H groups in total. The number of benzene rings is 3. The summed E-state index contributed by atoms with van der Waals surface area (Å²) in [6.07, 6.45) is 1.46. The number of carbonyl (C=O) groups excluding carboxylic acids is 2. The fourth-order valence-corrected chi connectivity index (χ4v) is 3.79. The topological polar surface area (TPSA) is 91.2 Å². The van der Waals surface area contributed by atoms with Gasteiger partial charge >= 0.3 is 0 Å². The Labute approximate surface area is 211 Å². The van der Waals surface area contributed by atoms with Crippen LogP contribution >= 0.6 is 27.5 Å². The van der Waals surface area contributed by atoms with Crippen molar-refractivity contribution >= 4 is 56.8 Å². The van der Waals surface area contributed by atoms with Gasteiger partial charge in [0.2, 0.25) is 0 Å². The first-order valence-corrected chi connectivity index (χ1v) is 11.4. The number of hydrogen-bond acceptors (Lipinski definition) is 4. The van der Waals surface area contributed by atoms with Crippen molar-refractivity contribution in [1.82, 2.24) is 0 Å². The SMILES string of the molecule is Cc1ccc(NC(=O)COc2ccc(/C=C(/C#N)C(=O)Nc3cccc(Cl)c3)cc2Br)c(C)c1. The summed E-state index contributed by atoms with van der Waals surface area (Å²) in [5.74, 6) is -0.383. The number of hydrogen-bond donors (Lipinski definition) is 2. The van der Waals surface area contributed by atoms with Crippen LogP contribution in [0.1, 0.15) is 16.7 Å². The van der Waals surface area contributed by atoms with Crippen molar-refractivity contribution in [2.24, 2.45) is 0 Å². The van der Waals surface area contributed by atoms with Crippen LogP contribution < -0.4 is 15.4 Å². The van der Waals surface area contributed by atoms with Crippen LogP contribution in [-0.4, -0.2) is 18.4 Å². The van der Waals surface area contributed by atoms with Crippen molar-refractivity contribution in [2.75, 3.05) is 17.2 Å². The maximum Gasteiger partial charge on any atom is 0.266 e. The molecule has 0 atom stereocenters. The van der Waals surface area contributed by atoms with Gasteiger partial charge in [-0.3, -0.25) is 9.59 Å². The second-order valence-corrected chi connectivity index (χ2v) is 8.77. The summed E-state index contributed by atoms with van der Waals surface area (Å²) >= 11 is 9.34. The Bertz CT molecular complexity index is 1310. The van der Waals surface area contributed by atoms with Crippen molar-refractivity contribution in [3.05, 3.63) is 92.4 Å². The number of amides is 2. The summed E-state index contributed by atoms with van der Waals surface area (Å²) < 4.78 is 6.20. The van der Waals surface area contributed by atoms with E-state index in [1.807, 2.05) is 38.1 Å². The highest BCUT2D eigenvalue weighted by molar-refractivity contribution is 9.10. The summed E-state index contributed by atoms with van der Waals surface area (Å²) in [5.41, 5.74) is 3.84. The average Bonchev–Trinajstić information content (AvgIpc) is 2.78. The molecule has 0 saturated heterocycles. The Hall–Kier alpha value is -3.60. The molecule has 0 bridgehead atoms. The second kappa shape index (κ2) is 11.5. The molecular formula is C26H21BrClN3O3. The predicted octanol–water partition coefficient (Wildman–Crippen LogP) is 6.28. The van der Waals surface area contributed by atoms with E-state index in [2.05, 4.69) is 26.6 Å². The van der Waals surface area contributed by atoms with Crippen molar-refractivity contribution in [2.45, 2.75) is 13.8 Å². The van der Waals surface area contributed by atoms with Crippen molar-refractivity contribution in [3.63, 3.8) is 0 Å². The van der Waals surface area contributed by atoms with Crippen LogP contribution in [0.25, 0.3) is 6.08 Å². The summed E-state index contributed by atoms with van der Waals surface area (Å²) in [6.45, 7) is 3.74. The van der Waals surface area contributed by atoms with E-state index in [1.54, 1.807) is 42.5 Å². The fourth-order valence-electron chi connectivity index (χ4n) is 3.09. The monoisotopic (exact) mass is 537 g/mol. The summed E-state index contributed by atoms with van der Waals surface area (Å²) in [5, 5.41) is 15.4. The maximum absolute atomic E-state index is 12.5. The van der Waals surface area contributed by atoms with Crippen LogP contribution in [0.2, 0.25) is 5.02 Å². The zero-order chi connectivity index (χ0) is 24.7. The van der Waals surface area contributed by atoms with Gasteiger partial charge in [0, 0.05) is 16.4 Å². The molecule has 0 fully saturated rings. The van der Waals surface area contributed by atoms with Gasteiger partial charge in [-0.25, -0.2) is 0 Å². The lowest BCUT2D eigenvalue weighted by Gasteiger charge is -2.11. The highest BCUT2D eigenvalue weighted by atomic mass is 79.9. The van der Waals surface area contributed by atoms with Gasteiger partial charge in [-0.2, -0.15) is 5.26 Å². The van der Waals surface area contributed by atoms with Crippen LogP contribution in [0.15, 0.2) is 70.7 Å². The lowest BCUT2D eigenvalue weighted by Crippen LogP contribution is -2.20. The summed E-state index contributed by atoms with van der Waals surface area (Å²) in [7, 11) is 0. The molecule has 34 heavy (non-hydrogen) atoms. The Balaban J connectivity index is 1.64. The molecule has 0 spiro atoms. The van der Waals surface area contributed by atoms with Crippen LogP contribution in [0.3, 0.4) is 0 Å². The van der Waals surface area contributed by atoms with E-state index in [-0.39, 0.29) is 18.1 Å². The molecule has 2 amide bonds.